The molecule has 0 unspecified atom stereocenters. The molecule has 0 fully saturated rings. The van der Waals surface area contributed by atoms with Gasteiger partial charge in [0.25, 0.3) is 0 Å². The number of aromatic amines is 1. The summed E-state index contributed by atoms with van der Waals surface area (Å²) in [5.74, 6) is 1.92. The average molecular weight is 218 g/mol. The first-order valence-electron chi connectivity index (χ1n) is 5.49. The highest BCUT2D eigenvalue weighted by molar-refractivity contribution is 5.52. The summed E-state index contributed by atoms with van der Waals surface area (Å²) in [6.07, 6.45) is 2.62. The maximum absolute atomic E-state index is 4.30. The largest absolute Gasteiger partial charge is 0.348 e. The Labute approximate surface area is 93.1 Å². The predicted molar refractivity (Wildman–Crippen MR) is 58.9 cm³/mol. The van der Waals surface area contributed by atoms with E-state index in [1.54, 1.807) is 6.33 Å². The molecule has 1 aliphatic rings. The molecular weight excluding hydrogens is 204 g/mol. The molecule has 1 aliphatic heterocycles. The van der Waals surface area contributed by atoms with Crippen LogP contribution in [0.2, 0.25) is 0 Å². The summed E-state index contributed by atoms with van der Waals surface area (Å²) in [6.45, 7) is 4.84. The van der Waals surface area contributed by atoms with Gasteiger partial charge in [-0.2, -0.15) is 0 Å². The van der Waals surface area contributed by atoms with E-state index in [0.29, 0.717) is 0 Å². The Kier molecular flexibility index (Phi) is 2.21. The van der Waals surface area contributed by atoms with Crippen LogP contribution in [0.3, 0.4) is 0 Å². The SMILES string of the molecule is Cc1[nH]cnc1-c1nnc2n1CCNCC2. The minimum atomic E-state index is 0.873. The van der Waals surface area contributed by atoms with Gasteiger partial charge in [-0.05, 0) is 6.92 Å². The van der Waals surface area contributed by atoms with Crippen LogP contribution in [0.25, 0.3) is 11.5 Å². The lowest BCUT2D eigenvalue weighted by Gasteiger charge is -2.04. The molecule has 0 saturated carbocycles. The van der Waals surface area contributed by atoms with E-state index in [4.69, 9.17) is 0 Å². The molecule has 3 rings (SSSR count). The Morgan fingerprint density at radius 2 is 2.25 bits per heavy atom. The Balaban J connectivity index is 2.09. The molecule has 6 heteroatoms. The molecule has 2 aromatic rings. The van der Waals surface area contributed by atoms with Crippen LogP contribution in [-0.4, -0.2) is 37.8 Å². The lowest BCUT2D eigenvalue weighted by atomic mass is 10.3. The molecule has 0 amide bonds. The Bertz CT molecular complexity index is 497. The molecule has 0 saturated heterocycles. The molecule has 3 heterocycles. The van der Waals surface area contributed by atoms with Crippen molar-refractivity contribution in [3.63, 3.8) is 0 Å². The average Bonchev–Trinajstić information content (AvgIpc) is 2.78. The van der Waals surface area contributed by atoms with Crippen molar-refractivity contribution in [2.24, 2.45) is 0 Å². The number of aromatic nitrogens is 5. The first-order valence-corrected chi connectivity index (χ1v) is 5.49. The minimum absolute atomic E-state index is 0.873. The van der Waals surface area contributed by atoms with E-state index in [1.165, 1.54) is 0 Å². The van der Waals surface area contributed by atoms with Crippen molar-refractivity contribution in [2.45, 2.75) is 19.9 Å². The van der Waals surface area contributed by atoms with E-state index in [-0.39, 0.29) is 0 Å². The van der Waals surface area contributed by atoms with Gasteiger partial charge < -0.3 is 14.9 Å². The van der Waals surface area contributed by atoms with Crippen LogP contribution in [-0.2, 0) is 13.0 Å². The highest BCUT2D eigenvalue weighted by Gasteiger charge is 2.18. The molecule has 0 spiro atoms. The van der Waals surface area contributed by atoms with Gasteiger partial charge in [0.05, 0.1) is 6.33 Å². The van der Waals surface area contributed by atoms with Crippen LogP contribution >= 0.6 is 0 Å². The molecule has 6 nitrogen and oxygen atoms in total. The van der Waals surface area contributed by atoms with E-state index in [1.807, 2.05) is 6.92 Å². The molecule has 0 radical (unpaired) electrons. The van der Waals surface area contributed by atoms with Gasteiger partial charge >= 0.3 is 0 Å². The topological polar surface area (TPSA) is 71.4 Å². The highest BCUT2D eigenvalue weighted by atomic mass is 15.3. The number of nitrogens with one attached hydrogen (secondary N) is 2. The predicted octanol–water partition coefficient (Wildman–Crippen LogP) is 0.122. The number of nitrogens with zero attached hydrogens (tertiary/aromatic N) is 4. The fourth-order valence-corrected chi connectivity index (χ4v) is 2.03. The van der Waals surface area contributed by atoms with Gasteiger partial charge in [-0.15, -0.1) is 10.2 Å². The molecule has 0 atom stereocenters. The van der Waals surface area contributed by atoms with Crippen molar-refractivity contribution in [3.8, 4) is 11.5 Å². The number of hydrogen-bond donors (Lipinski definition) is 2. The number of H-pyrrole nitrogens is 1. The zero-order valence-electron chi connectivity index (χ0n) is 9.19. The van der Waals surface area contributed by atoms with Gasteiger partial charge in [0.1, 0.15) is 11.5 Å². The molecule has 16 heavy (non-hydrogen) atoms. The second kappa shape index (κ2) is 3.71. The fraction of sp³-hybridized carbons (Fsp3) is 0.500. The summed E-state index contributed by atoms with van der Waals surface area (Å²) in [5.41, 5.74) is 1.94. The molecule has 2 aromatic heterocycles. The minimum Gasteiger partial charge on any atom is -0.348 e. The van der Waals surface area contributed by atoms with Crippen molar-refractivity contribution >= 4 is 0 Å². The van der Waals surface area contributed by atoms with Crippen LogP contribution < -0.4 is 5.32 Å². The third kappa shape index (κ3) is 1.42. The molecular formula is C10H14N6. The van der Waals surface area contributed by atoms with E-state index in [2.05, 4.69) is 30.0 Å². The van der Waals surface area contributed by atoms with E-state index < -0.39 is 0 Å². The summed E-state index contributed by atoms with van der Waals surface area (Å²) < 4.78 is 2.16. The van der Waals surface area contributed by atoms with E-state index in [0.717, 1.165) is 49.1 Å². The lowest BCUT2D eigenvalue weighted by Crippen LogP contribution is -2.17. The van der Waals surface area contributed by atoms with E-state index in [9.17, 15) is 0 Å². The van der Waals surface area contributed by atoms with Crippen LogP contribution in [0.15, 0.2) is 6.33 Å². The summed E-state index contributed by atoms with van der Waals surface area (Å²) >= 11 is 0. The van der Waals surface area contributed by atoms with Gasteiger partial charge in [0.15, 0.2) is 5.82 Å². The van der Waals surface area contributed by atoms with Crippen LogP contribution in [0.4, 0.5) is 0 Å². The van der Waals surface area contributed by atoms with Crippen molar-refractivity contribution in [3.05, 3.63) is 17.8 Å². The summed E-state index contributed by atoms with van der Waals surface area (Å²) in [7, 11) is 0. The molecule has 84 valence electrons. The summed E-state index contributed by atoms with van der Waals surface area (Å²) in [5, 5.41) is 11.8. The number of imidazole rings is 1. The Morgan fingerprint density at radius 1 is 1.31 bits per heavy atom. The van der Waals surface area contributed by atoms with Crippen molar-refractivity contribution < 1.29 is 0 Å². The summed E-state index contributed by atoms with van der Waals surface area (Å²) in [6, 6.07) is 0. The summed E-state index contributed by atoms with van der Waals surface area (Å²) in [4.78, 5) is 7.37. The van der Waals surface area contributed by atoms with Crippen molar-refractivity contribution in [1.29, 1.82) is 0 Å². The lowest BCUT2D eigenvalue weighted by molar-refractivity contribution is 0.646. The normalized spacial score (nSPS) is 15.8. The fourth-order valence-electron chi connectivity index (χ4n) is 2.03. The first kappa shape index (κ1) is 9.53. The second-order valence-electron chi connectivity index (χ2n) is 3.97. The maximum atomic E-state index is 4.30. The number of rotatable bonds is 1. The third-order valence-electron chi connectivity index (χ3n) is 2.91. The molecule has 2 N–H and O–H groups in total. The Morgan fingerprint density at radius 3 is 3.06 bits per heavy atom. The molecule has 0 aliphatic carbocycles. The second-order valence-corrected chi connectivity index (χ2v) is 3.97. The molecule has 0 aromatic carbocycles. The van der Waals surface area contributed by atoms with E-state index >= 15 is 0 Å². The monoisotopic (exact) mass is 218 g/mol. The van der Waals surface area contributed by atoms with Gasteiger partial charge in [-0.3, -0.25) is 0 Å². The molecule has 0 bridgehead atoms. The number of aryl methyl sites for hydroxylation is 1. The Hall–Kier alpha value is -1.69. The first-order chi connectivity index (χ1) is 7.86. The van der Waals surface area contributed by atoms with Crippen molar-refractivity contribution in [2.75, 3.05) is 13.1 Å². The van der Waals surface area contributed by atoms with Gasteiger partial charge in [-0.1, -0.05) is 0 Å². The van der Waals surface area contributed by atoms with Crippen LogP contribution in [0.1, 0.15) is 11.5 Å². The smallest absolute Gasteiger partial charge is 0.184 e. The van der Waals surface area contributed by atoms with Gasteiger partial charge in [0.2, 0.25) is 0 Å². The van der Waals surface area contributed by atoms with Crippen LogP contribution in [0, 0.1) is 6.92 Å². The van der Waals surface area contributed by atoms with Crippen LogP contribution in [0.5, 0.6) is 0 Å². The highest BCUT2D eigenvalue weighted by Crippen LogP contribution is 2.19. The standard InChI is InChI=1S/C10H14N6/c1-7-9(13-6-12-7)10-15-14-8-2-3-11-4-5-16(8)10/h6,11H,2-5H2,1H3,(H,12,13). The number of hydrogen-bond acceptors (Lipinski definition) is 4. The van der Waals surface area contributed by atoms with Crippen molar-refractivity contribution in [1.82, 2.24) is 30.0 Å². The van der Waals surface area contributed by atoms with Gasteiger partial charge in [0, 0.05) is 31.7 Å². The maximum Gasteiger partial charge on any atom is 0.184 e. The zero-order valence-corrected chi connectivity index (χ0v) is 9.19. The third-order valence-corrected chi connectivity index (χ3v) is 2.91. The number of fused-ring (bicyclic) bond motifs is 1. The quantitative estimate of drug-likeness (QED) is 0.713. The van der Waals surface area contributed by atoms with Gasteiger partial charge in [-0.25, -0.2) is 4.98 Å². The zero-order chi connectivity index (χ0) is 11.0.